The number of carbonyl (C=O) groups is 1. The predicted octanol–water partition coefficient (Wildman–Crippen LogP) is 3.09. The molecule has 0 aliphatic carbocycles. The summed E-state index contributed by atoms with van der Waals surface area (Å²) >= 11 is 6.65. The lowest BCUT2D eigenvalue weighted by Crippen LogP contribution is -2.33. The van der Waals surface area contributed by atoms with Crippen molar-refractivity contribution in [2.45, 2.75) is 13.3 Å². The highest BCUT2D eigenvalue weighted by Gasteiger charge is 2.15. The molecule has 0 fully saturated rings. The van der Waals surface area contributed by atoms with E-state index in [-0.39, 0.29) is 5.91 Å². The van der Waals surface area contributed by atoms with Gasteiger partial charge in [-0.2, -0.15) is 0 Å². The van der Waals surface area contributed by atoms with Crippen molar-refractivity contribution in [3.05, 3.63) is 28.5 Å². The predicted molar refractivity (Wildman–Crippen MR) is 71.9 cm³/mol. The molecule has 0 aliphatic heterocycles. The van der Waals surface area contributed by atoms with Crippen molar-refractivity contribution in [2.24, 2.45) is 0 Å². The van der Waals surface area contributed by atoms with Crippen LogP contribution in [0.2, 0.25) is 0 Å². The van der Waals surface area contributed by atoms with Crippen molar-refractivity contribution in [3.8, 4) is 0 Å². The molecule has 0 aliphatic rings. The van der Waals surface area contributed by atoms with Crippen molar-refractivity contribution >= 4 is 37.8 Å². The number of rotatable bonds is 5. The number of hydrogen-bond donors (Lipinski definition) is 0. The monoisotopic (exact) mass is 348 g/mol. The third-order valence-electron chi connectivity index (χ3n) is 2.08. The minimum atomic E-state index is -0.00574. The van der Waals surface area contributed by atoms with Crippen LogP contribution in [0.1, 0.15) is 23.8 Å². The van der Waals surface area contributed by atoms with Crippen molar-refractivity contribution in [1.29, 1.82) is 0 Å². The van der Waals surface area contributed by atoms with Crippen LogP contribution in [0.25, 0.3) is 0 Å². The minimum absolute atomic E-state index is 0.00574. The number of aromatic nitrogens is 1. The van der Waals surface area contributed by atoms with Gasteiger partial charge >= 0.3 is 0 Å². The third-order valence-corrected chi connectivity index (χ3v) is 2.91. The maximum Gasteiger partial charge on any atom is 0.272 e. The van der Waals surface area contributed by atoms with Crippen molar-refractivity contribution < 1.29 is 4.79 Å². The zero-order valence-corrected chi connectivity index (χ0v) is 12.3. The Morgan fingerprint density at radius 2 is 2.19 bits per heavy atom. The van der Waals surface area contributed by atoms with Crippen LogP contribution in [-0.2, 0) is 0 Å². The molecule has 0 saturated carbocycles. The van der Waals surface area contributed by atoms with Crippen LogP contribution >= 0.6 is 31.9 Å². The number of halogens is 2. The molecule has 1 aromatic rings. The Hall–Kier alpha value is -0.420. The first-order chi connectivity index (χ1) is 7.69. The number of hydrogen-bond acceptors (Lipinski definition) is 2. The number of pyridine rings is 1. The van der Waals surface area contributed by atoms with Crippen LogP contribution in [0.15, 0.2) is 22.8 Å². The Labute approximate surface area is 112 Å². The van der Waals surface area contributed by atoms with Gasteiger partial charge in [0.25, 0.3) is 5.91 Å². The van der Waals surface area contributed by atoms with Gasteiger partial charge in [-0.05, 0) is 34.5 Å². The molecule has 1 aromatic heterocycles. The lowest BCUT2D eigenvalue weighted by atomic mass is 10.3. The average molecular weight is 350 g/mol. The zero-order valence-electron chi connectivity index (χ0n) is 9.12. The van der Waals surface area contributed by atoms with E-state index in [2.05, 4.69) is 43.8 Å². The second kappa shape index (κ2) is 7.01. The summed E-state index contributed by atoms with van der Waals surface area (Å²) in [7, 11) is 0. The smallest absolute Gasteiger partial charge is 0.272 e. The molecule has 0 unspecified atom stereocenters. The molecule has 0 radical (unpaired) electrons. The Morgan fingerprint density at radius 3 is 2.69 bits per heavy atom. The molecule has 88 valence electrons. The van der Waals surface area contributed by atoms with Crippen LogP contribution in [0.5, 0.6) is 0 Å². The van der Waals surface area contributed by atoms with Gasteiger partial charge in [-0.1, -0.05) is 22.9 Å². The Balaban J connectivity index is 2.77. The van der Waals surface area contributed by atoms with Gasteiger partial charge in [-0.15, -0.1) is 0 Å². The number of amides is 1. The molecule has 0 N–H and O–H groups in total. The highest BCUT2D eigenvalue weighted by Crippen LogP contribution is 2.09. The SMILES string of the molecule is CCCN(CCBr)C(=O)c1ccc(Br)cn1. The number of alkyl halides is 1. The second-order valence-corrected chi connectivity index (χ2v) is 5.05. The fourth-order valence-electron chi connectivity index (χ4n) is 1.35. The van der Waals surface area contributed by atoms with E-state index in [4.69, 9.17) is 0 Å². The third kappa shape index (κ3) is 3.87. The molecule has 3 nitrogen and oxygen atoms in total. The molecule has 0 spiro atoms. The molecule has 1 rings (SSSR count). The lowest BCUT2D eigenvalue weighted by molar-refractivity contribution is 0.0760. The van der Waals surface area contributed by atoms with Crippen molar-refractivity contribution in [1.82, 2.24) is 9.88 Å². The van der Waals surface area contributed by atoms with Crippen LogP contribution in [0.3, 0.4) is 0 Å². The molecule has 0 aromatic carbocycles. The molecule has 0 bridgehead atoms. The lowest BCUT2D eigenvalue weighted by Gasteiger charge is -2.20. The summed E-state index contributed by atoms with van der Waals surface area (Å²) in [5.41, 5.74) is 0.498. The molecule has 16 heavy (non-hydrogen) atoms. The van der Waals surface area contributed by atoms with E-state index in [1.54, 1.807) is 12.3 Å². The van der Waals surface area contributed by atoms with Gasteiger partial charge in [-0.25, -0.2) is 4.98 Å². The molecule has 5 heteroatoms. The van der Waals surface area contributed by atoms with E-state index in [1.807, 2.05) is 11.0 Å². The summed E-state index contributed by atoms with van der Waals surface area (Å²) < 4.78 is 0.881. The van der Waals surface area contributed by atoms with Crippen molar-refractivity contribution in [3.63, 3.8) is 0 Å². The van der Waals surface area contributed by atoms with Gasteiger partial charge in [0, 0.05) is 29.1 Å². The normalized spacial score (nSPS) is 10.2. The van der Waals surface area contributed by atoms with E-state index < -0.39 is 0 Å². The molecule has 0 atom stereocenters. The van der Waals surface area contributed by atoms with Gasteiger partial charge < -0.3 is 4.90 Å². The van der Waals surface area contributed by atoms with E-state index in [1.165, 1.54) is 0 Å². The Kier molecular flexibility index (Phi) is 5.98. The molecular formula is C11H14Br2N2O. The minimum Gasteiger partial charge on any atom is -0.336 e. The fourth-order valence-corrected chi connectivity index (χ4v) is 2.01. The van der Waals surface area contributed by atoms with Crippen LogP contribution in [0.4, 0.5) is 0 Å². The van der Waals surface area contributed by atoms with Crippen LogP contribution in [-0.4, -0.2) is 34.2 Å². The van der Waals surface area contributed by atoms with Crippen molar-refractivity contribution in [2.75, 3.05) is 18.4 Å². The van der Waals surface area contributed by atoms with Gasteiger partial charge in [0.15, 0.2) is 0 Å². The molecule has 1 heterocycles. The first-order valence-electron chi connectivity index (χ1n) is 5.15. The van der Waals surface area contributed by atoms with Gasteiger partial charge in [0.1, 0.15) is 5.69 Å². The van der Waals surface area contributed by atoms with E-state index in [0.717, 1.165) is 22.8 Å². The quantitative estimate of drug-likeness (QED) is 0.765. The largest absolute Gasteiger partial charge is 0.336 e. The summed E-state index contributed by atoms with van der Waals surface area (Å²) in [6.07, 6.45) is 2.60. The Morgan fingerprint density at radius 1 is 1.44 bits per heavy atom. The van der Waals surface area contributed by atoms with Crippen LogP contribution in [0, 0.1) is 0 Å². The maximum absolute atomic E-state index is 12.1. The number of carbonyl (C=O) groups excluding carboxylic acids is 1. The molecular weight excluding hydrogens is 336 g/mol. The topological polar surface area (TPSA) is 33.2 Å². The summed E-state index contributed by atoms with van der Waals surface area (Å²) in [4.78, 5) is 18.0. The summed E-state index contributed by atoms with van der Waals surface area (Å²) in [5, 5.41) is 0.787. The standard InChI is InChI=1S/C11H14Br2N2O/c1-2-6-15(7-5-12)11(16)10-4-3-9(13)8-14-10/h3-4,8H,2,5-7H2,1H3. The van der Waals surface area contributed by atoms with Gasteiger partial charge in [-0.3, -0.25) is 4.79 Å². The van der Waals surface area contributed by atoms with E-state index >= 15 is 0 Å². The molecule has 0 saturated heterocycles. The van der Waals surface area contributed by atoms with E-state index in [0.29, 0.717) is 12.2 Å². The molecule has 1 amide bonds. The van der Waals surface area contributed by atoms with Crippen LogP contribution < -0.4 is 0 Å². The van der Waals surface area contributed by atoms with E-state index in [9.17, 15) is 4.79 Å². The number of nitrogens with zero attached hydrogens (tertiary/aromatic N) is 2. The Bertz CT molecular complexity index is 334. The summed E-state index contributed by atoms with van der Waals surface area (Å²) in [6, 6.07) is 3.57. The fraction of sp³-hybridized carbons (Fsp3) is 0.455. The second-order valence-electron chi connectivity index (χ2n) is 3.34. The summed E-state index contributed by atoms with van der Waals surface area (Å²) in [5.74, 6) is -0.00574. The first kappa shape index (κ1) is 13.6. The highest BCUT2D eigenvalue weighted by molar-refractivity contribution is 9.10. The zero-order chi connectivity index (χ0) is 12.0. The maximum atomic E-state index is 12.1. The first-order valence-corrected chi connectivity index (χ1v) is 7.07. The van der Waals surface area contributed by atoms with Gasteiger partial charge in [0.05, 0.1) is 0 Å². The highest BCUT2D eigenvalue weighted by atomic mass is 79.9. The average Bonchev–Trinajstić information content (AvgIpc) is 2.29. The summed E-state index contributed by atoms with van der Waals surface area (Å²) in [6.45, 7) is 3.54. The van der Waals surface area contributed by atoms with Gasteiger partial charge in [0.2, 0.25) is 0 Å².